The van der Waals surface area contributed by atoms with Gasteiger partial charge in [0.1, 0.15) is 10.7 Å². The van der Waals surface area contributed by atoms with Gasteiger partial charge >= 0.3 is 0 Å². The lowest BCUT2D eigenvalue weighted by Gasteiger charge is -2.34. The van der Waals surface area contributed by atoms with Crippen molar-refractivity contribution in [1.29, 1.82) is 5.26 Å². The van der Waals surface area contributed by atoms with E-state index in [0.29, 0.717) is 24.3 Å². The fourth-order valence-corrected chi connectivity index (χ4v) is 2.53. The lowest BCUT2D eigenvalue weighted by Crippen LogP contribution is -2.49. The Morgan fingerprint density at radius 2 is 2.26 bits per heavy atom. The van der Waals surface area contributed by atoms with Crippen molar-refractivity contribution in [2.24, 2.45) is 5.92 Å². The summed E-state index contributed by atoms with van der Waals surface area (Å²) in [4.78, 5) is 16.0. The fourth-order valence-electron chi connectivity index (χ4n) is 2.35. The van der Waals surface area contributed by atoms with Gasteiger partial charge in [-0.25, -0.2) is 4.98 Å². The Hall–Kier alpha value is -1.60. The van der Waals surface area contributed by atoms with Crippen LogP contribution < -0.4 is 5.32 Å². The zero-order valence-corrected chi connectivity index (χ0v) is 11.6. The molecule has 0 radical (unpaired) electrons. The second-order valence-corrected chi connectivity index (χ2v) is 5.59. The van der Waals surface area contributed by atoms with Crippen molar-refractivity contribution in [2.45, 2.75) is 38.1 Å². The van der Waals surface area contributed by atoms with Crippen LogP contribution in [0.2, 0.25) is 5.15 Å². The average molecular weight is 278 g/mol. The van der Waals surface area contributed by atoms with Gasteiger partial charge in [-0.05, 0) is 43.7 Å². The van der Waals surface area contributed by atoms with Crippen molar-refractivity contribution in [3.63, 3.8) is 0 Å². The predicted molar refractivity (Wildman–Crippen MR) is 72.7 cm³/mol. The number of nitrogens with one attached hydrogen (secondary N) is 1. The summed E-state index contributed by atoms with van der Waals surface area (Å²) in [5.41, 5.74) is -0.299. The first-order valence-corrected chi connectivity index (χ1v) is 6.78. The molecule has 0 aromatic carbocycles. The summed E-state index contributed by atoms with van der Waals surface area (Å²) in [6, 6.07) is 5.38. The summed E-state index contributed by atoms with van der Waals surface area (Å²) in [6.07, 6.45) is 4.82. The first-order valence-electron chi connectivity index (χ1n) is 6.40. The van der Waals surface area contributed by atoms with E-state index in [0.717, 1.165) is 12.8 Å². The molecule has 2 rings (SSSR count). The minimum absolute atomic E-state index is 0.264. The Bertz CT molecular complexity index is 516. The molecular formula is C14H16ClN3O. The fraction of sp³-hybridized carbons (Fsp3) is 0.500. The molecule has 0 unspecified atom stereocenters. The molecule has 1 saturated carbocycles. The zero-order valence-electron chi connectivity index (χ0n) is 10.8. The number of nitriles is 1. The van der Waals surface area contributed by atoms with Crippen LogP contribution in [0.25, 0.3) is 0 Å². The Kier molecular flexibility index (Phi) is 4.06. The minimum atomic E-state index is -0.737. The molecule has 1 aromatic heterocycles. The number of carbonyl (C=O) groups is 1. The molecule has 100 valence electrons. The van der Waals surface area contributed by atoms with Gasteiger partial charge in [-0.2, -0.15) is 5.26 Å². The van der Waals surface area contributed by atoms with Crippen LogP contribution in [-0.2, 0) is 0 Å². The monoisotopic (exact) mass is 277 g/mol. The predicted octanol–water partition coefficient (Wildman–Crippen LogP) is 2.94. The van der Waals surface area contributed by atoms with Gasteiger partial charge in [-0.3, -0.25) is 4.79 Å². The van der Waals surface area contributed by atoms with Gasteiger partial charge in [-0.1, -0.05) is 18.5 Å². The number of nitrogens with zero attached hydrogens (tertiary/aromatic N) is 2. The number of aromatic nitrogens is 1. The van der Waals surface area contributed by atoms with Crippen molar-refractivity contribution in [3.05, 3.63) is 29.0 Å². The van der Waals surface area contributed by atoms with Crippen LogP contribution in [0.4, 0.5) is 0 Å². The molecule has 1 aliphatic rings. The van der Waals surface area contributed by atoms with Crippen LogP contribution in [0.5, 0.6) is 0 Å². The lowest BCUT2D eigenvalue weighted by molar-refractivity contribution is 0.0894. The topological polar surface area (TPSA) is 65.8 Å². The molecule has 0 spiro atoms. The van der Waals surface area contributed by atoms with E-state index in [9.17, 15) is 10.1 Å². The van der Waals surface area contributed by atoms with Crippen LogP contribution >= 0.6 is 11.6 Å². The van der Waals surface area contributed by atoms with Crippen molar-refractivity contribution in [1.82, 2.24) is 10.3 Å². The maximum atomic E-state index is 12.2. The molecule has 0 aliphatic heterocycles. The van der Waals surface area contributed by atoms with Gasteiger partial charge in [0.05, 0.1) is 6.07 Å². The molecule has 0 atom stereocenters. The molecule has 1 fully saturated rings. The molecule has 0 saturated heterocycles. The number of hydrogen-bond acceptors (Lipinski definition) is 3. The molecule has 1 aliphatic carbocycles. The quantitative estimate of drug-likeness (QED) is 0.845. The van der Waals surface area contributed by atoms with E-state index in [1.807, 2.05) is 0 Å². The molecular weight excluding hydrogens is 262 g/mol. The third-order valence-electron chi connectivity index (χ3n) is 3.68. The Balaban J connectivity index is 2.11. The summed E-state index contributed by atoms with van der Waals surface area (Å²) in [5, 5.41) is 12.5. The lowest BCUT2D eigenvalue weighted by atomic mass is 9.78. The van der Waals surface area contributed by atoms with Gasteiger partial charge in [0.2, 0.25) is 0 Å². The van der Waals surface area contributed by atoms with Gasteiger partial charge in [0.25, 0.3) is 5.91 Å². The highest BCUT2D eigenvalue weighted by Gasteiger charge is 2.35. The molecule has 1 aromatic rings. The SMILES string of the molecule is CC1CCC(C#N)(NC(=O)c2ccnc(Cl)c2)CC1. The number of hydrogen-bond donors (Lipinski definition) is 1. The highest BCUT2D eigenvalue weighted by atomic mass is 35.5. The summed E-state index contributed by atoms with van der Waals surface area (Å²) in [7, 11) is 0. The summed E-state index contributed by atoms with van der Waals surface area (Å²) in [5.74, 6) is 0.356. The van der Waals surface area contributed by atoms with E-state index >= 15 is 0 Å². The maximum Gasteiger partial charge on any atom is 0.252 e. The average Bonchev–Trinajstić information content (AvgIpc) is 2.42. The smallest absolute Gasteiger partial charge is 0.252 e. The van der Waals surface area contributed by atoms with Crippen LogP contribution in [0.1, 0.15) is 43.0 Å². The minimum Gasteiger partial charge on any atom is -0.334 e. The molecule has 4 nitrogen and oxygen atoms in total. The van der Waals surface area contributed by atoms with E-state index in [2.05, 4.69) is 23.3 Å². The van der Waals surface area contributed by atoms with Crippen LogP contribution in [0, 0.1) is 17.2 Å². The van der Waals surface area contributed by atoms with Crippen molar-refractivity contribution in [3.8, 4) is 6.07 Å². The number of halogens is 1. The van der Waals surface area contributed by atoms with Crippen LogP contribution in [0.15, 0.2) is 18.3 Å². The van der Waals surface area contributed by atoms with Crippen molar-refractivity contribution >= 4 is 17.5 Å². The van der Waals surface area contributed by atoms with E-state index in [4.69, 9.17) is 11.6 Å². The number of pyridine rings is 1. The van der Waals surface area contributed by atoms with Crippen molar-refractivity contribution < 1.29 is 4.79 Å². The molecule has 1 heterocycles. The van der Waals surface area contributed by atoms with Crippen molar-refractivity contribution in [2.75, 3.05) is 0 Å². The molecule has 0 bridgehead atoms. The van der Waals surface area contributed by atoms with Gasteiger partial charge in [0, 0.05) is 11.8 Å². The standard InChI is InChI=1S/C14H16ClN3O/c1-10-2-5-14(9-16,6-3-10)18-13(19)11-4-7-17-12(15)8-11/h4,7-8,10H,2-3,5-6H2,1H3,(H,18,19). The van der Waals surface area contributed by atoms with E-state index in [1.165, 1.54) is 12.3 Å². The molecule has 19 heavy (non-hydrogen) atoms. The number of rotatable bonds is 2. The molecule has 1 amide bonds. The van der Waals surface area contributed by atoms with E-state index in [1.54, 1.807) is 6.07 Å². The van der Waals surface area contributed by atoms with E-state index in [-0.39, 0.29) is 11.1 Å². The molecule has 1 N–H and O–H groups in total. The van der Waals surface area contributed by atoms with Crippen LogP contribution in [0.3, 0.4) is 0 Å². The Morgan fingerprint density at radius 1 is 1.58 bits per heavy atom. The van der Waals surface area contributed by atoms with Gasteiger partial charge in [-0.15, -0.1) is 0 Å². The normalized spacial score (nSPS) is 26.5. The highest BCUT2D eigenvalue weighted by Crippen LogP contribution is 2.31. The summed E-state index contributed by atoms with van der Waals surface area (Å²) < 4.78 is 0. The first kappa shape index (κ1) is 13.8. The number of carbonyl (C=O) groups excluding carboxylic acids is 1. The first-order chi connectivity index (χ1) is 9.04. The second kappa shape index (κ2) is 5.58. The van der Waals surface area contributed by atoms with Crippen LogP contribution in [-0.4, -0.2) is 16.4 Å². The third kappa shape index (κ3) is 3.24. The highest BCUT2D eigenvalue weighted by molar-refractivity contribution is 6.29. The van der Waals surface area contributed by atoms with Gasteiger partial charge in [0.15, 0.2) is 0 Å². The molecule has 5 heteroatoms. The summed E-state index contributed by atoms with van der Waals surface area (Å²) in [6.45, 7) is 2.17. The Morgan fingerprint density at radius 3 is 2.84 bits per heavy atom. The maximum absolute atomic E-state index is 12.2. The van der Waals surface area contributed by atoms with E-state index < -0.39 is 5.54 Å². The number of amides is 1. The Labute approximate surface area is 117 Å². The third-order valence-corrected chi connectivity index (χ3v) is 3.89. The second-order valence-electron chi connectivity index (χ2n) is 5.20. The van der Waals surface area contributed by atoms with Gasteiger partial charge < -0.3 is 5.32 Å². The summed E-state index contributed by atoms with van der Waals surface area (Å²) >= 11 is 5.76. The zero-order chi connectivity index (χ0) is 13.9. The largest absolute Gasteiger partial charge is 0.334 e.